The van der Waals surface area contributed by atoms with Gasteiger partial charge in [0.1, 0.15) is 5.69 Å². The van der Waals surface area contributed by atoms with Crippen LogP contribution in [0.5, 0.6) is 0 Å². The van der Waals surface area contributed by atoms with Crippen molar-refractivity contribution in [2.75, 3.05) is 5.48 Å². The molecule has 1 aromatic rings. The van der Waals surface area contributed by atoms with Crippen LogP contribution in [0.25, 0.3) is 0 Å². The number of epoxide rings is 1. The fourth-order valence-electron chi connectivity index (χ4n) is 1.54. The first-order valence-electron chi connectivity index (χ1n) is 5.65. The summed E-state index contributed by atoms with van der Waals surface area (Å²) >= 11 is 0. The van der Waals surface area contributed by atoms with Crippen LogP contribution in [0.2, 0.25) is 0 Å². The van der Waals surface area contributed by atoms with Gasteiger partial charge in [-0.2, -0.15) is 0 Å². The number of hydrogen-bond acceptors (Lipinski definition) is 9. The molecule has 2 unspecified atom stereocenters. The monoisotopic (exact) mass is 312 g/mol. The Balaban J connectivity index is 2.07. The predicted molar refractivity (Wildman–Crippen MR) is 67.3 cm³/mol. The van der Waals surface area contributed by atoms with Gasteiger partial charge in [-0.15, -0.1) is 0 Å². The predicted octanol–water partition coefficient (Wildman–Crippen LogP) is -0.374. The van der Waals surface area contributed by atoms with E-state index in [4.69, 9.17) is 5.73 Å². The molecule has 1 heterocycles. The van der Waals surface area contributed by atoms with Gasteiger partial charge in [-0.1, -0.05) is 0 Å². The lowest BCUT2D eigenvalue weighted by Crippen LogP contribution is -2.25. The summed E-state index contributed by atoms with van der Waals surface area (Å²) in [6, 6.07) is 2.70. The summed E-state index contributed by atoms with van der Waals surface area (Å²) in [5.41, 5.74) is 5.46. The van der Waals surface area contributed by atoms with Crippen molar-refractivity contribution in [3.8, 4) is 0 Å². The summed E-state index contributed by atoms with van der Waals surface area (Å²) in [4.78, 5) is 46.4. The van der Waals surface area contributed by atoms with E-state index >= 15 is 0 Å². The standard InChI is InChI=1S/C10H8N4O8/c11-9(15)7-8(21-7)10(16)22-12-5-2-1-4(13(17)18)3-6(5)14(19)20/h1-3,7-8,12H,(H2,11,15). The molecule has 1 aliphatic rings. The second-order valence-electron chi connectivity index (χ2n) is 4.12. The zero-order chi connectivity index (χ0) is 16.4. The number of non-ortho nitro benzene ring substituents is 1. The molecule has 12 nitrogen and oxygen atoms in total. The highest BCUT2D eigenvalue weighted by Crippen LogP contribution is 2.29. The molecule has 116 valence electrons. The van der Waals surface area contributed by atoms with Crippen molar-refractivity contribution in [3.05, 3.63) is 38.4 Å². The normalized spacial score (nSPS) is 19.1. The number of primary amides is 1. The van der Waals surface area contributed by atoms with Crippen LogP contribution in [-0.4, -0.2) is 33.9 Å². The number of benzene rings is 1. The molecule has 1 aliphatic heterocycles. The smallest absolute Gasteiger partial charge is 0.363 e. The van der Waals surface area contributed by atoms with Gasteiger partial charge in [0.15, 0.2) is 12.2 Å². The van der Waals surface area contributed by atoms with Crippen molar-refractivity contribution >= 4 is 28.9 Å². The summed E-state index contributed by atoms with van der Waals surface area (Å²) in [6.45, 7) is 0. The zero-order valence-electron chi connectivity index (χ0n) is 10.6. The van der Waals surface area contributed by atoms with Gasteiger partial charge in [0.2, 0.25) is 5.91 Å². The van der Waals surface area contributed by atoms with E-state index < -0.39 is 45.3 Å². The highest BCUT2D eigenvalue weighted by Gasteiger charge is 2.51. The van der Waals surface area contributed by atoms with Crippen molar-refractivity contribution < 1.29 is 29.0 Å². The maximum absolute atomic E-state index is 11.5. The molecule has 2 atom stereocenters. The van der Waals surface area contributed by atoms with Crippen molar-refractivity contribution in [2.45, 2.75) is 12.2 Å². The van der Waals surface area contributed by atoms with Gasteiger partial charge >= 0.3 is 11.7 Å². The Kier molecular flexibility index (Phi) is 3.85. The third-order valence-electron chi connectivity index (χ3n) is 2.65. The van der Waals surface area contributed by atoms with E-state index in [1.807, 2.05) is 5.48 Å². The Morgan fingerprint density at radius 1 is 1.23 bits per heavy atom. The van der Waals surface area contributed by atoms with Gasteiger partial charge in [0.25, 0.3) is 5.69 Å². The Hall–Kier alpha value is -3.28. The van der Waals surface area contributed by atoms with Gasteiger partial charge < -0.3 is 15.3 Å². The summed E-state index contributed by atoms with van der Waals surface area (Å²) in [5, 5.41) is 21.4. The Labute approximate surface area is 121 Å². The molecule has 0 radical (unpaired) electrons. The van der Waals surface area contributed by atoms with E-state index in [-0.39, 0.29) is 5.69 Å². The van der Waals surface area contributed by atoms with Crippen LogP contribution in [0.15, 0.2) is 18.2 Å². The molecule has 12 heteroatoms. The van der Waals surface area contributed by atoms with E-state index in [2.05, 4.69) is 9.57 Å². The van der Waals surface area contributed by atoms with Gasteiger partial charge in [0.05, 0.1) is 15.9 Å². The van der Waals surface area contributed by atoms with Crippen molar-refractivity contribution in [2.24, 2.45) is 5.73 Å². The van der Waals surface area contributed by atoms with Gasteiger partial charge in [0, 0.05) is 6.07 Å². The number of nitrogens with one attached hydrogen (secondary N) is 1. The molecule has 3 N–H and O–H groups in total. The van der Waals surface area contributed by atoms with E-state index in [0.717, 1.165) is 12.1 Å². The molecule has 0 bridgehead atoms. The van der Waals surface area contributed by atoms with Gasteiger partial charge in [-0.3, -0.25) is 25.0 Å². The second kappa shape index (κ2) is 5.61. The minimum Gasteiger partial charge on any atom is -0.367 e. The summed E-state index contributed by atoms with van der Waals surface area (Å²) < 4.78 is 4.64. The van der Waals surface area contributed by atoms with Crippen molar-refractivity contribution in [1.82, 2.24) is 0 Å². The minimum absolute atomic E-state index is 0.278. The molecule has 22 heavy (non-hydrogen) atoms. The SMILES string of the molecule is NC(=O)C1OC1C(=O)ONc1ccc([N+](=O)[O-])cc1[N+](=O)[O-]. The highest BCUT2D eigenvalue weighted by molar-refractivity contribution is 5.92. The highest BCUT2D eigenvalue weighted by atomic mass is 16.7. The number of nitro groups is 2. The first kappa shape index (κ1) is 15.1. The van der Waals surface area contributed by atoms with Crippen LogP contribution in [0.1, 0.15) is 0 Å². The van der Waals surface area contributed by atoms with Crippen molar-refractivity contribution in [1.29, 1.82) is 0 Å². The minimum atomic E-state index is -1.18. The number of ether oxygens (including phenoxy) is 1. The number of carbonyl (C=O) groups excluding carboxylic acids is 2. The number of rotatable bonds is 6. The largest absolute Gasteiger partial charge is 0.367 e. The molecule has 0 spiro atoms. The second-order valence-corrected chi connectivity index (χ2v) is 4.12. The first-order chi connectivity index (χ1) is 10.3. The molecular weight excluding hydrogens is 304 g/mol. The number of anilines is 1. The molecule has 1 saturated heterocycles. The number of amides is 1. The first-order valence-corrected chi connectivity index (χ1v) is 5.65. The average Bonchev–Trinajstić information content (AvgIpc) is 3.24. The number of carbonyl (C=O) groups is 2. The Bertz CT molecular complexity index is 675. The lowest BCUT2D eigenvalue weighted by molar-refractivity contribution is -0.393. The van der Waals surface area contributed by atoms with Crippen LogP contribution in [0.3, 0.4) is 0 Å². The van der Waals surface area contributed by atoms with E-state index in [1.165, 1.54) is 0 Å². The number of nitrogens with two attached hydrogens (primary N) is 1. The van der Waals surface area contributed by atoms with E-state index in [9.17, 15) is 29.8 Å². The molecule has 0 saturated carbocycles. The fourth-order valence-corrected chi connectivity index (χ4v) is 1.54. The zero-order valence-corrected chi connectivity index (χ0v) is 10.6. The molecule has 1 aromatic carbocycles. The van der Waals surface area contributed by atoms with Crippen LogP contribution >= 0.6 is 0 Å². The third kappa shape index (κ3) is 3.06. The van der Waals surface area contributed by atoms with Crippen molar-refractivity contribution in [3.63, 3.8) is 0 Å². The Morgan fingerprint density at radius 2 is 1.91 bits per heavy atom. The number of nitro benzene ring substituents is 2. The molecule has 2 rings (SSSR count). The molecule has 1 amide bonds. The molecule has 1 fully saturated rings. The molecule has 0 aliphatic carbocycles. The maximum Gasteiger partial charge on any atom is 0.363 e. The lowest BCUT2D eigenvalue weighted by atomic mass is 10.2. The average molecular weight is 312 g/mol. The number of nitrogens with zero attached hydrogens (tertiary/aromatic N) is 2. The Morgan fingerprint density at radius 3 is 2.41 bits per heavy atom. The van der Waals surface area contributed by atoms with Crippen LogP contribution in [0, 0.1) is 20.2 Å². The van der Waals surface area contributed by atoms with E-state index in [1.54, 1.807) is 0 Å². The molecule has 0 aromatic heterocycles. The summed E-state index contributed by atoms with van der Waals surface area (Å²) in [5.74, 6) is -1.85. The van der Waals surface area contributed by atoms with Crippen LogP contribution in [-0.2, 0) is 19.2 Å². The quantitative estimate of drug-likeness (QED) is 0.402. The number of hydrogen-bond donors (Lipinski definition) is 2. The van der Waals surface area contributed by atoms with Gasteiger partial charge in [-0.25, -0.2) is 10.3 Å². The van der Waals surface area contributed by atoms with Crippen LogP contribution < -0.4 is 11.2 Å². The van der Waals surface area contributed by atoms with E-state index in [0.29, 0.717) is 6.07 Å². The summed E-state index contributed by atoms with van der Waals surface area (Å²) in [6.07, 6.45) is -2.27. The lowest BCUT2D eigenvalue weighted by Gasteiger charge is -2.06. The summed E-state index contributed by atoms with van der Waals surface area (Å²) in [7, 11) is 0. The molecular formula is C10H8N4O8. The topological polar surface area (TPSA) is 180 Å². The third-order valence-corrected chi connectivity index (χ3v) is 2.65. The van der Waals surface area contributed by atoms with Gasteiger partial charge in [-0.05, 0) is 6.07 Å². The maximum atomic E-state index is 11.5. The van der Waals surface area contributed by atoms with Crippen LogP contribution in [0.4, 0.5) is 17.1 Å². The fraction of sp³-hybridized carbons (Fsp3) is 0.200.